The van der Waals surface area contributed by atoms with Gasteiger partial charge in [-0.2, -0.15) is 0 Å². The summed E-state index contributed by atoms with van der Waals surface area (Å²) in [5.74, 6) is -0.270. The van der Waals surface area contributed by atoms with Crippen LogP contribution in [0.1, 0.15) is 18.1 Å². The van der Waals surface area contributed by atoms with Gasteiger partial charge in [-0.3, -0.25) is 19.3 Å². The number of carbonyl (C=O) groups is 3. The van der Waals surface area contributed by atoms with Gasteiger partial charge in [0.2, 0.25) is 0 Å². The number of primary amides is 1. The summed E-state index contributed by atoms with van der Waals surface area (Å²) in [6.07, 6.45) is 1.60. The SMILES string of the molecule is CCOc1cc(/C=C2\SC(=O)N(Cc3ccc(Cl)c(Cl)c3)C2=O)ccc1OCC(N)=O. The molecule has 0 unspecified atom stereocenters. The summed E-state index contributed by atoms with van der Waals surface area (Å²) in [4.78, 5) is 37.6. The number of carbonyl (C=O) groups excluding carboxylic acids is 3. The van der Waals surface area contributed by atoms with E-state index in [9.17, 15) is 14.4 Å². The Morgan fingerprint density at radius 3 is 2.55 bits per heavy atom. The molecule has 0 saturated carbocycles. The molecule has 0 atom stereocenters. The first-order chi connectivity index (χ1) is 14.8. The maximum atomic E-state index is 12.8. The van der Waals surface area contributed by atoms with E-state index in [0.717, 1.165) is 16.7 Å². The number of nitrogens with two attached hydrogens (primary N) is 1. The zero-order valence-electron chi connectivity index (χ0n) is 16.4. The Hall–Kier alpha value is -2.68. The van der Waals surface area contributed by atoms with Gasteiger partial charge in [-0.05, 0) is 60.2 Å². The van der Waals surface area contributed by atoms with Crippen LogP contribution in [0.4, 0.5) is 4.79 Å². The van der Waals surface area contributed by atoms with Crippen LogP contribution in [0, 0.1) is 0 Å². The Kier molecular flexibility index (Phi) is 7.48. The molecule has 3 amide bonds. The summed E-state index contributed by atoms with van der Waals surface area (Å²) in [6, 6.07) is 9.90. The topological polar surface area (TPSA) is 98.9 Å². The molecule has 7 nitrogen and oxygen atoms in total. The average molecular weight is 481 g/mol. The molecule has 1 saturated heterocycles. The zero-order chi connectivity index (χ0) is 22.5. The van der Waals surface area contributed by atoms with Crippen LogP contribution in [0.2, 0.25) is 10.0 Å². The van der Waals surface area contributed by atoms with Gasteiger partial charge < -0.3 is 15.2 Å². The third-order valence-electron chi connectivity index (χ3n) is 4.13. The molecular weight excluding hydrogens is 463 g/mol. The second-order valence-electron chi connectivity index (χ2n) is 6.41. The molecule has 0 radical (unpaired) electrons. The second-order valence-corrected chi connectivity index (χ2v) is 8.22. The van der Waals surface area contributed by atoms with Crippen molar-refractivity contribution in [1.82, 2.24) is 4.90 Å². The summed E-state index contributed by atoms with van der Waals surface area (Å²) >= 11 is 12.8. The van der Waals surface area contributed by atoms with Gasteiger partial charge in [0, 0.05) is 0 Å². The largest absolute Gasteiger partial charge is 0.490 e. The molecule has 10 heteroatoms. The fourth-order valence-electron chi connectivity index (χ4n) is 2.76. The lowest BCUT2D eigenvalue weighted by Crippen LogP contribution is -2.27. The van der Waals surface area contributed by atoms with E-state index in [1.165, 1.54) is 0 Å². The highest BCUT2D eigenvalue weighted by Crippen LogP contribution is 2.36. The second kappa shape index (κ2) is 10.1. The first kappa shape index (κ1) is 23.0. The summed E-state index contributed by atoms with van der Waals surface area (Å²) < 4.78 is 10.9. The van der Waals surface area contributed by atoms with Crippen molar-refractivity contribution in [3.8, 4) is 11.5 Å². The third kappa shape index (κ3) is 5.72. The van der Waals surface area contributed by atoms with E-state index in [-0.39, 0.29) is 23.3 Å². The number of hydrogen-bond donors (Lipinski definition) is 1. The van der Waals surface area contributed by atoms with Gasteiger partial charge in [0.25, 0.3) is 17.1 Å². The molecular formula is C21H18Cl2N2O5S. The maximum Gasteiger partial charge on any atom is 0.293 e. The van der Waals surface area contributed by atoms with Gasteiger partial charge in [0.15, 0.2) is 18.1 Å². The summed E-state index contributed by atoms with van der Waals surface area (Å²) in [5, 5.41) is 0.366. The van der Waals surface area contributed by atoms with E-state index < -0.39 is 11.8 Å². The number of imide groups is 1. The van der Waals surface area contributed by atoms with Gasteiger partial charge in [-0.1, -0.05) is 35.3 Å². The first-order valence-corrected chi connectivity index (χ1v) is 10.7. The van der Waals surface area contributed by atoms with E-state index in [1.54, 1.807) is 49.4 Å². The van der Waals surface area contributed by atoms with Gasteiger partial charge in [-0.25, -0.2) is 0 Å². The van der Waals surface area contributed by atoms with Crippen molar-refractivity contribution in [2.45, 2.75) is 13.5 Å². The lowest BCUT2D eigenvalue weighted by molar-refractivity contribution is -0.123. The number of thioether (sulfide) groups is 1. The third-order valence-corrected chi connectivity index (χ3v) is 5.78. The summed E-state index contributed by atoms with van der Waals surface area (Å²) in [6.45, 7) is 1.98. The summed E-state index contributed by atoms with van der Waals surface area (Å²) in [7, 11) is 0. The Labute approximate surface area is 193 Å². The molecule has 2 N–H and O–H groups in total. The smallest absolute Gasteiger partial charge is 0.293 e. The molecule has 0 aliphatic carbocycles. The van der Waals surface area contributed by atoms with Crippen LogP contribution in [0.5, 0.6) is 11.5 Å². The number of nitrogens with zero attached hydrogens (tertiary/aromatic N) is 1. The minimum absolute atomic E-state index is 0.0863. The quantitative estimate of drug-likeness (QED) is 0.558. The van der Waals surface area contributed by atoms with Crippen LogP contribution in [-0.2, 0) is 16.1 Å². The van der Waals surface area contributed by atoms with Gasteiger partial charge in [0.1, 0.15) is 0 Å². The van der Waals surface area contributed by atoms with Crippen molar-refractivity contribution in [3.63, 3.8) is 0 Å². The number of amides is 3. The maximum absolute atomic E-state index is 12.8. The molecule has 0 bridgehead atoms. The molecule has 162 valence electrons. The Morgan fingerprint density at radius 1 is 1.10 bits per heavy atom. The molecule has 2 aromatic carbocycles. The van der Waals surface area contributed by atoms with E-state index in [4.69, 9.17) is 38.4 Å². The molecule has 31 heavy (non-hydrogen) atoms. The molecule has 0 spiro atoms. The van der Waals surface area contributed by atoms with Crippen molar-refractivity contribution in [3.05, 3.63) is 62.5 Å². The predicted octanol–water partition coefficient (Wildman–Crippen LogP) is 4.49. The zero-order valence-corrected chi connectivity index (χ0v) is 18.7. The van der Waals surface area contributed by atoms with Crippen molar-refractivity contribution < 1.29 is 23.9 Å². The van der Waals surface area contributed by atoms with Gasteiger partial charge >= 0.3 is 0 Å². The number of rotatable bonds is 8. The van der Waals surface area contributed by atoms with Gasteiger partial charge in [-0.15, -0.1) is 0 Å². The van der Waals surface area contributed by atoms with Crippen LogP contribution in [0.3, 0.4) is 0 Å². The summed E-state index contributed by atoms with van der Waals surface area (Å²) in [5.41, 5.74) is 6.43. The van der Waals surface area contributed by atoms with Crippen LogP contribution in [-0.4, -0.2) is 35.2 Å². The minimum atomic E-state index is -0.609. The van der Waals surface area contributed by atoms with Crippen LogP contribution < -0.4 is 15.2 Å². The van der Waals surface area contributed by atoms with Crippen molar-refractivity contribution in [2.75, 3.05) is 13.2 Å². The van der Waals surface area contributed by atoms with E-state index in [1.807, 2.05) is 0 Å². The Balaban J connectivity index is 1.80. The fraction of sp³-hybridized carbons (Fsp3) is 0.190. The number of ether oxygens (including phenoxy) is 2. The Morgan fingerprint density at radius 2 is 1.87 bits per heavy atom. The molecule has 1 aliphatic rings. The monoisotopic (exact) mass is 480 g/mol. The van der Waals surface area contributed by atoms with Crippen LogP contribution in [0.15, 0.2) is 41.3 Å². The average Bonchev–Trinajstić information content (AvgIpc) is 2.97. The lowest BCUT2D eigenvalue weighted by atomic mass is 10.1. The van der Waals surface area contributed by atoms with Crippen LogP contribution in [0.25, 0.3) is 6.08 Å². The number of halogens is 2. The molecule has 0 aromatic heterocycles. The first-order valence-electron chi connectivity index (χ1n) is 9.15. The molecule has 1 heterocycles. The highest BCUT2D eigenvalue weighted by molar-refractivity contribution is 8.18. The Bertz CT molecular complexity index is 1070. The van der Waals surface area contributed by atoms with Crippen molar-refractivity contribution in [2.24, 2.45) is 5.73 Å². The van der Waals surface area contributed by atoms with Gasteiger partial charge in [0.05, 0.1) is 28.1 Å². The molecule has 1 aliphatic heterocycles. The normalized spacial score (nSPS) is 14.9. The van der Waals surface area contributed by atoms with E-state index in [0.29, 0.717) is 39.3 Å². The minimum Gasteiger partial charge on any atom is -0.490 e. The van der Waals surface area contributed by atoms with Crippen molar-refractivity contribution >= 4 is 58.1 Å². The molecule has 2 aromatic rings. The fourth-order valence-corrected chi connectivity index (χ4v) is 3.92. The van der Waals surface area contributed by atoms with E-state index in [2.05, 4.69) is 0 Å². The predicted molar refractivity (Wildman–Crippen MR) is 120 cm³/mol. The van der Waals surface area contributed by atoms with Crippen molar-refractivity contribution in [1.29, 1.82) is 0 Å². The molecule has 3 rings (SSSR count). The van der Waals surface area contributed by atoms with Crippen LogP contribution >= 0.6 is 35.0 Å². The standard InChI is InChI=1S/C21H18Cl2N2O5S/c1-2-29-17-8-12(4-6-16(17)30-11-19(24)26)9-18-20(27)25(21(28)31-18)10-13-3-5-14(22)15(23)7-13/h3-9H,2,10-11H2,1H3,(H2,24,26)/b18-9-. The number of benzene rings is 2. The molecule has 1 fully saturated rings. The highest BCUT2D eigenvalue weighted by atomic mass is 35.5. The lowest BCUT2D eigenvalue weighted by Gasteiger charge is -2.13. The number of hydrogen-bond acceptors (Lipinski definition) is 6. The highest BCUT2D eigenvalue weighted by Gasteiger charge is 2.35. The van der Waals surface area contributed by atoms with E-state index >= 15 is 0 Å².